The molecular weight excluding hydrogens is 652 g/mol. The molecule has 13 heteroatoms. The highest BCUT2D eigenvalue weighted by molar-refractivity contribution is 5.96. The van der Waals surface area contributed by atoms with Crippen LogP contribution in [-0.4, -0.2) is 84.7 Å². The minimum Gasteiger partial charge on any atom is -0.479 e. The average molecular weight is 695 g/mol. The first kappa shape index (κ1) is 35.3. The predicted octanol–water partition coefficient (Wildman–Crippen LogP) is 4.15. The minimum atomic E-state index is -1.46. The van der Waals surface area contributed by atoms with E-state index in [1.54, 1.807) is 45.3 Å². The van der Waals surface area contributed by atoms with Gasteiger partial charge >= 0.3 is 12.1 Å². The quantitative estimate of drug-likeness (QED) is 0.266. The van der Waals surface area contributed by atoms with E-state index in [-0.39, 0.29) is 36.9 Å². The molecule has 3 unspecified atom stereocenters. The van der Waals surface area contributed by atoms with Gasteiger partial charge in [-0.2, -0.15) is 0 Å². The van der Waals surface area contributed by atoms with Crippen LogP contribution in [0.2, 0.25) is 0 Å². The number of nitrogens with one attached hydrogen (secondary N) is 2. The van der Waals surface area contributed by atoms with E-state index >= 15 is 0 Å². The second-order valence-corrected chi connectivity index (χ2v) is 14.2. The van der Waals surface area contributed by atoms with Crippen LogP contribution in [0.4, 0.5) is 4.79 Å². The summed E-state index contributed by atoms with van der Waals surface area (Å²) >= 11 is 0. The second-order valence-electron chi connectivity index (χ2n) is 14.2. The number of carbonyl (C=O) groups is 4. The van der Waals surface area contributed by atoms with Crippen molar-refractivity contribution in [2.24, 2.45) is 5.92 Å². The van der Waals surface area contributed by atoms with Crippen molar-refractivity contribution in [3.05, 3.63) is 72.2 Å². The molecule has 3 amide bonds. The number of carbonyl (C=O) groups excluding carboxylic acids is 3. The molecule has 3 aromatic rings. The molecule has 4 heterocycles. The summed E-state index contributed by atoms with van der Waals surface area (Å²) in [5.41, 5.74) is -0.153. The summed E-state index contributed by atoms with van der Waals surface area (Å²) in [6, 6.07) is 8.78. The predicted molar refractivity (Wildman–Crippen MR) is 186 cm³/mol. The Hall–Kier alpha value is -5.51. The van der Waals surface area contributed by atoms with Crippen molar-refractivity contribution in [1.29, 1.82) is 0 Å². The number of carboxylic acid groups (broad SMARTS) is 1. The van der Waals surface area contributed by atoms with E-state index in [4.69, 9.17) is 19.4 Å². The van der Waals surface area contributed by atoms with Gasteiger partial charge < -0.3 is 30.1 Å². The van der Waals surface area contributed by atoms with Crippen molar-refractivity contribution in [1.82, 2.24) is 30.5 Å². The number of aliphatic carboxylic acids is 1. The maximum Gasteiger partial charge on any atom is 0.408 e. The molecule has 6 rings (SSSR count). The fourth-order valence-corrected chi connectivity index (χ4v) is 6.47. The van der Waals surface area contributed by atoms with Gasteiger partial charge in [0.25, 0.3) is 0 Å². The van der Waals surface area contributed by atoms with Crippen molar-refractivity contribution in [2.45, 2.75) is 95.0 Å². The molecule has 2 aliphatic heterocycles. The maximum atomic E-state index is 14.4. The van der Waals surface area contributed by atoms with Crippen LogP contribution >= 0.6 is 0 Å². The number of benzene rings is 1. The number of rotatable bonds is 4. The van der Waals surface area contributed by atoms with Gasteiger partial charge in [-0.3, -0.25) is 14.6 Å². The molecular formula is C38H42N6O7. The van der Waals surface area contributed by atoms with Crippen molar-refractivity contribution in [2.75, 3.05) is 6.54 Å². The summed E-state index contributed by atoms with van der Waals surface area (Å²) in [5, 5.41) is 15.7. The second kappa shape index (κ2) is 14.8. The molecule has 51 heavy (non-hydrogen) atoms. The number of hydrogen-bond acceptors (Lipinski definition) is 9. The highest BCUT2D eigenvalue weighted by Gasteiger charge is 2.61. The van der Waals surface area contributed by atoms with Crippen LogP contribution in [0.3, 0.4) is 0 Å². The lowest BCUT2D eigenvalue weighted by atomic mass is 10.0. The van der Waals surface area contributed by atoms with Crippen molar-refractivity contribution in [3.63, 3.8) is 0 Å². The Morgan fingerprint density at radius 2 is 1.84 bits per heavy atom. The number of hydrogen-bond donors (Lipinski definition) is 3. The normalized spacial score (nSPS) is 25.8. The van der Waals surface area contributed by atoms with Crippen LogP contribution in [0.25, 0.3) is 11.0 Å². The van der Waals surface area contributed by atoms with Crippen LogP contribution in [0.1, 0.15) is 77.0 Å². The number of alkyl carbamates (subject to hydrolysis) is 1. The van der Waals surface area contributed by atoms with E-state index < -0.39 is 53.2 Å². The van der Waals surface area contributed by atoms with E-state index in [9.17, 15) is 24.3 Å². The van der Waals surface area contributed by atoms with Crippen molar-refractivity contribution >= 4 is 34.9 Å². The van der Waals surface area contributed by atoms with Gasteiger partial charge in [-0.25, -0.2) is 19.6 Å². The lowest BCUT2D eigenvalue weighted by molar-refractivity contribution is -0.145. The van der Waals surface area contributed by atoms with E-state index in [1.165, 1.54) is 4.90 Å². The van der Waals surface area contributed by atoms with E-state index in [0.717, 1.165) is 19.3 Å². The number of nitrogens with zero attached hydrogens (tertiary/aromatic N) is 4. The topological polar surface area (TPSA) is 173 Å². The zero-order chi connectivity index (χ0) is 36.2. The zero-order valence-corrected chi connectivity index (χ0v) is 28.9. The third kappa shape index (κ3) is 8.45. The Kier molecular flexibility index (Phi) is 10.2. The standard InChI is InChI=1S/C38H42N6O7/c1-37(2,3)51-36(49)42-30-16-8-6-4-5-7-13-25-21-38(25,35(47)48)43-32(45)31-20-26(23-44(31)34(30)46)50-33-29(18-17-24-12-11-19-39-22-24)40-27-14-9-10-15-28(27)41-33/h7,9-15,19,22,25-26,30-31H,4-6,8,16,20-21,23H2,1-3H3,(H,42,49)(H,43,45)(H,47,48)/b13-7-/t25?,26-,30+,31?,38?/m1/s1. The largest absolute Gasteiger partial charge is 0.479 e. The molecule has 2 aromatic heterocycles. The monoisotopic (exact) mass is 694 g/mol. The lowest BCUT2D eigenvalue weighted by Gasteiger charge is -2.30. The summed E-state index contributed by atoms with van der Waals surface area (Å²) < 4.78 is 11.9. The van der Waals surface area contributed by atoms with E-state index in [0.29, 0.717) is 29.4 Å². The van der Waals surface area contributed by atoms with Crippen LogP contribution in [0.15, 0.2) is 60.9 Å². The highest BCUT2D eigenvalue weighted by Crippen LogP contribution is 2.45. The summed E-state index contributed by atoms with van der Waals surface area (Å²) in [4.78, 5) is 68.6. The van der Waals surface area contributed by atoms with E-state index in [1.807, 2.05) is 36.4 Å². The smallest absolute Gasteiger partial charge is 0.408 e. The number of aromatic nitrogens is 3. The summed E-state index contributed by atoms with van der Waals surface area (Å²) in [7, 11) is 0. The Morgan fingerprint density at radius 3 is 2.57 bits per heavy atom. The Bertz CT molecular complexity index is 1900. The SMILES string of the molecule is CC(C)(C)OC(=O)N[C@H]1CCCCC/C=C\C2CC2(C(=O)O)NC(=O)C2C[C@@H](Oc3nc4ccccc4nc3C#Cc3cccnc3)CN2C1=O. The zero-order valence-electron chi connectivity index (χ0n) is 28.9. The molecule has 1 aliphatic carbocycles. The third-order valence-corrected chi connectivity index (χ3v) is 9.12. The van der Waals surface area contributed by atoms with Gasteiger partial charge in [0.15, 0.2) is 5.69 Å². The van der Waals surface area contributed by atoms with Crippen LogP contribution in [0, 0.1) is 17.8 Å². The van der Waals surface area contributed by atoms with Gasteiger partial charge in [-0.1, -0.05) is 43.0 Å². The van der Waals surface area contributed by atoms with Crippen molar-refractivity contribution < 1.29 is 33.8 Å². The Balaban J connectivity index is 1.33. The average Bonchev–Trinajstić information content (AvgIpc) is 3.62. The maximum absolute atomic E-state index is 14.4. The van der Waals surface area contributed by atoms with Gasteiger partial charge in [0.05, 0.1) is 17.6 Å². The summed E-state index contributed by atoms with van der Waals surface area (Å²) in [6.45, 7) is 5.16. The van der Waals surface area contributed by atoms with Gasteiger partial charge in [0.1, 0.15) is 29.3 Å². The van der Waals surface area contributed by atoms with Gasteiger partial charge in [-0.05, 0) is 76.6 Å². The molecule has 5 atom stereocenters. The Labute approximate surface area is 296 Å². The third-order valence-electron chi connectivity index (χ3n) is 9.12. The minimum absolute atomic E-state index is 0.0310. The number of carboxylic acids is 1. The number of para-hydroxylation sites is 2. The van der Waals surface area contributed by atoms with E-state index in [2.05, 4.69) is 27.5 Å². The number of fused-ring (bicyclic) bond motifs is 3. The fourth-order valence-electron chi connectivity index (χ4n) is 6.47. The highest BCUT2D eigenvalue weighted by atomic mass is 16.6. The molecule has 1 saturated carbocycles. The van der Waals surface area contributed by atoms with Gasteiger partial charge in [0.2, 0.25) is 17.7 Å². The molecule has 1 aromatic carbocycles. The first-order valence-electron chi connectivity index (χ1n) is 17.3. The van der Waals surface area contributed by atoms with Gasteiger partial charge in [-0.15, -0.1) is 0 Å². The first-order valence-corrected chi connectivity index (χ1v) is 17.3. The van der Waals surface area contributed by atoms with Crippen molar-refractivity contribution in [3.8, 4) is 17.7 Å². The number of allylic oxidation sites excluding steroid dienone is 1. The van der Waals surface area contributed by atoms with Crippen LogP contribution in [0.5, 0.6) is 5.88 Å². The molecule has 3 aliphatic rings. The lowest BCUT2D eigenvalue weighted by Crippen LogP contribution is -2.56. The fraction of sp³-hybridized carbons (Fsp3) is 0.447. The molecule has 0 radical (unpaired) electrons. The number of amides is 3. The molecule has 1 saturated heterocycles. The number of ether oxygens (including phenoxy) is 2. The molecule has 13 nitrogen and oxygen atoms in total. The molecule has 3 N–H and O–H groups in total. The van der Waals surface area contributed by atoms with Crippen LogP contribution in [-0.2, 0) is 19.1 Å². The Morgan fingerprint density at radius 1 is 1.06 bits per heavy atom. The summed E-state index contributed by atoms with van der Waals surface area (Å²) in [5.74, 6) is 3.61. The first-order chi connectivity index (χ1) is 24.4. The van der Waals surface area contributed by atoms with Crippen LogP contribution < -0.4 is 15.4 Å². The summed E-state index contributed by atoms with van der Waals surface area (Å²) in [6.07, 6.45) is 9.19. The molecule has 266 valence electrons. The molecule has 2 fully saturated rings. The molecule has 0 bridgehead atoms. The van der Waals surface area contributed by atoms with Gasteiger partial charge in [0, 0.05) is 30.3 Å². The number of pyridine rings is 1. The molecule has 0 spiro atoms.